The van der Waals surface area contributed by atoms with E-state index in [-0.39, 0.29) is 29.5 Å². The topological polar surface area (TPSA) is 63.2 Å². The molecule has 0 saturated carbocycles. The molecular weight excluding hydrogens is 338 g/mol. The van der Waals surface area contributed by atoms with Gasteiger partial charge in [-0.1, -0.05) is 0 Å². The number of rotatable bonds is 3. The average Bonchev–Trinajstić information content (AvgIpc) is 2.45. The van der Waals surface area contributed by atoms with Gasteiger partial charge in [0.05, 0.1) is 17.1 Å². The molecule has 0 bridgehead atoms. The van der Waals surface area contributed by atoms with Crippen LogP contribution in [0.15, 0.2) is 18.2 Å². The zero-order valence-corrected chi connectivity index (χ0v) is 12.8. The maximum absolute atomic E-state index is 13.2. The fourth-order valence-corrected chi connectivity index (χ4v) is 3.95. The van der Waals surface area contributed by atoms with Gasteiger partial charge in [0, 0.05) is 12.1 Å². The fraction of sp³-hybridized carbons (Fsp3) is 0.500. The van der Waals surface area contributed by atoms with Crippen molar-refractivity contribution in [1.82, 2.24) is 5.32 Å². The smallest absolute Gasteiger partial charge is 0.352 e. The first-order valence-electron chi connectivity index (χ1n) is 6.94. The fourth-order valence-electron chi connectivity index (χ4n) is 2.37. The largest absolute Gasteiger partial charge is 0.419 e. The van der Waals surface area contributed by atoms with E-state index >= 15 is 0 Å². The summed E-state index contributed by atoms with van der Waals surface area (Å²) in [6.45, 7) is 0.174. The minimum absolute atomic E-state index is 0.0370. The van der Waals surface area contributed by atoms with Crippen LogP contribution in [0.5, 0.6) is 0 Å². The van der Waals surface area contributed by atoms with Gasteiger partial charge in [0.2, 0.25) is 0 Å². The number of amides is 1. The molecule has 0 unspecified atom stereocenters. The maximum atomic E-state index is 13.2. The van der Waals surface area contributed by atoms with Crippen LogP contribution >= 0.6 is 0 Å². The van der Waals surface area contributed by atoms with E-state index in [0.717, 1.165) is 6.07 Å². The molecule has 23 heavy (non-hydrogen) atoms. The highest BCUT2D eigenvalue weighted by Crippen LogP contribution is 2.31. The van der Waals surface area contributed by atoms with Crippen molar-refractivity contribution in [3.05, 3.63) is 35.1 Å². The van der Waals surface area contributed by atoms with Crippen molar-refractivity contribution in [2.24, 2.45) is 5.92 Å². The molecule has 1 heterocycles. The predicted molar refractivity (Wildman–Crippen MR) is 75.1 cm³/mol. The Morgan fingerprint density at radius 3 is 2.39 bits per heavy atom. The summed E-state index contributed by atoms with van der Waals surface area (Å²) in [7, 11) is -3.01. The van der Waals surface area contributed by atoms with Crippen molar-refractivity contribution in [2.45, 2.75) is 19.0 Å². The average molecular weight is 353 g/mol. The van der Waals surface area contributed by atoms with Crippen molar-refractivity contribution in [1.29, 1.82) is 0 Å². The number of nitrogens with one attached hydrogen (secondary N) is 1. The number of hydrogen-bond donors (Lipinski definition) is 1. The SMILES string of the molecule is O=C(NCC1CCS(=O)(=O)CC1)c1ccc(F)c(C(F)(F)F)c1. The minimum atomic E-state index is -4.88. The van der Waals surface area contributed by atoms with E-state index in [2.05, 4.69) is 5.32 Å². The molecule has 128 valence electrons. The van der Waals surface area contributed by atoms with Gasteiger partial charge in [0.25, 0.3) is 5.91 Å². The molecule has 0 atom stereocenters. The summed E-state index contributed by atoms with van der Waals surface area (Å²) < 4.78 is 73.6. The third-order valence-electron chi connectivity index (χ3n) is 3.76. The maximum Gasteiger partial charge on any atom is 0.419 e. The van der Waals surface area contributed by atoms with Gasteiger partial charge in [-0.3, -0.25) is 4.79 Å². The number of hydrogen-bond acceptors (Lipinski definition) is 3. The Kier molecular flexibility index (Phi) is 4.98. The van der Waals surface area contributed by atoms with Gasteiger partial charge in [-0.25, -0.2) is 12.8 Å². The van der Waals surface area contributed by atoms with E-state index in [1.54, 1.807) is 0 Å². The summed E-state index contributed by atoms with van der Waals surface area (Å²) in [5, 5.41) is 2.47. The van der Waals surface area contributed by atoms with Gasteiger partial charge in [-0.2, -0.15) is 13.2 Å². The van der Waals surface area contributed by atoms with Gasteiger partial charge in [-0.05, 0) is 37.0 Å². The molecule has 4 nitrogen and oxygen atoms in total. The number of carbonyl (C=O) groups is 1. The molecule has 1 saturated heterocycles. The molecule has 1 N–H and O–H groups in total. The quantitative estimate of drug-likeness (QED) is 0.849. The zero-order valence-electron chi connectivity index (χ0n) is 12.0. The van der Waals surface area contributed by atoms with Gasteiger partial charge >= 0.3 is 6.18 Å². The second-order valence-electron chi connectivity index (χ2n) is 5.50. The van der Waals surface area contributed by atoms with Crippen LogP contribution in [0.3, 0.4) is 0 Å². The van der Waals surface area contributed by atoms with Crippen molar-refractivity contribution in [3.8, 4) is 0 Å². The first-order valence-corrected chi connectivity index (χ1v) is 8.76. The highest BCUT2D eigenvalue weighted by molar-refractivity contribution is 7.91. The number of carbonyl (C=O) groups excluding carboxylic acids is 1. The lowest BCUT2D eigenvalue weighted by molar-refractivity contribution is -0.140. The lowest BCUT2D eigenvalue weighted by Crippen LogP contribution is -2.34. The summed E-state index contributed by atoms with van der Waals surface area (Å²) >= 11 is 0. The molecule has 1 aliphatic heterocycles. The van der Waals surface area contributed by atoms with Crippen LogP contribution in [0.25, 0.3) is 0 Å². The van der Waals surface area contributed by atoms with Gasteiger partial charge < -0.3 is 5.32 Å². The molecular formula is C14H15F4NO3S. The first-order chi connectivity index (χ1) is 10.6. The van der Waals surface area contributed by atoms with E-state index < -0.39 is 33.3 Å². The lowest BCUT2D eigenvalue weighted by atomic mass is 10.0. The van der Waals surface area contributed by atoms with Crippen LogP contribution in [-0.4, -0.2) is 32.4 Å². The summed E-state index contributed by atoms with van der Waals surface area (Å²) in [6.07, 6.45) is -4.07. The molecule has 1 aliphatic rings. The standard InChI is InChI=1S/C14H15F4NO3S/c15-12-2-1-10(7-11(12)14(16,17)18)13(20)19-8-9-3-5-23(21,22)6-4-9/h1-2,7,9H,3-6,8H2,(H,19,20). The van der Waals surface area contributed by atoms with E-state index in [1.165, 1.54) is 0 Å². The summed E-state index contributed by atoms with van der Waals surface area (Å²) in [5.74, 6) is -2.13. The van der Waals surface area contributed by atoms with Gasteiger partial charge in [0.15, 0.2) is 0 Å². The number of halogens is 4. The Hall–Kier alpha value is -1.64. The number of benzene rings is 1. The van der Waals surface area contributed by atoms with Crippen LogP contribution < -0.4 is 5.32 Å². The molecule has 1 fully saturated rings. The van der Waals surface area contributed by atoms with Crippen molar-refractivity contribution < 1.29 is 30.8 Å². The second kappa shape index (κ2) is 6.46. The van der Waals surface area contributed by atoms with Crippen molar-refractivity contribution in [3.63, 3.8) is 0 Å². The van der Waals surface area contributed by atoms with Crippen LogP contribution in [0, 0.1) is 11.7 Å². The highest BCUT2D eigenvalue weighted by atomic mass is 32.2. The Balaban J connectivity index is 1.99. The molecule has 1 amide bonds. The number of sulfone groups is 1. The Labute approximate surface area is 130 Å². The molecule has 1 aromatic rings. The van der Waals surface area contributed by atoms with Crippen LogP contribution in [-0.2, 0) is 16.0 Å². The molecule has 1 aromatic carbocycles. The second-order valence-corrected chi connectivity index (χ2v) is 7.80. The highest BCUT2D eigenvalue weighted by Gasteiger charge is 2.34. The van der Waals surface area contributed by atoms with E-state index in [0.29, 0.717) is 25.0 Å². The van der Waals surface area contributed by atoms with Crippen LogP contribution in [0.4, 0.5) is 17.6 Å². The predicted octanol–water partition coefficient (Wildman–Crippen LogP) is 2.40. The monoisotopic (exact) mass is 353 g/mol. The first kappa shape index (κ1) is 17.7. The van der Waals surface area contributed by atoms with Gasteiger partial charge in [0.1, 0.15) is 15.7 Å². The molecule has 0 spiro atoms. The summed E-state index contributed by atoms with van der Waals surface area (Å²) in [6, 6.07) is 2.05. The van der Waals surface area contributed by atoms with Crippen molar-refractivity contribution in [2.75, 3.05) is 18.1 Å². The summed E-state index contributed by atoms with van der Waals surface area (Å²) in [5.41, 5.74) is -1.78. The third kappa shape index (κ3) is 4.66. The molecule has 0 aromatic heterocycles. The van der Waals surface area contributed by atoms with Gasteiger partial charge in [-0.15, -0.1) is 0 Å². The van der Waals surface area contributed by atoms with E-state index in [9.17, 15) is 30.8 Å². The Bertz CT molecular complexity index is 686. The molecule has 0 radical (unpaired) electrons. The molecule has 2 rings (SSSR count). The van der Waals surface area contributed by atoms with Crippen LogP contribution in [0.2, 0.25) is 0 Å². The van der Waals surface area contributed by atoms with E-state index in [4.69, 9.17) is 0 Å². The molecule has 0 aliphatic carbocycles. The van der Waals surface area contributed by atoms with Crippen LogP contribution in [0.1, 0.15) is 28.8 Å². The van der Waals surface area contributed by atoms with Crippen molar-refractivity contribution >= 4 is 15.7 Å². The summed E-state index contributed by atoms with van der Waals surface area (Å²) in [4.78, 5) is 11.9. The molecule has 9 heteroatoms. The lowest BCUT2D eigenvalue weighted by Gasteiger charge is -2.22. The normalized spacial score (nSPS) is 18.6. The number of alkyl halides is 3. The zero-order chi connectivity index (χ0) is 17.3. The van der Waals surface area contributed by atoms with E-state index in [1.807, 2.05) is 0 Å². The Morgan fingerprint density at radius 1 is 1.22 bits per heavy atom. The third-order valence-corrected chi connectivity index (χ3v) is 5.47. The Morgan fingerprint density at radius 2 is 1.83 bits per heavy atom. The minimum Gasteiger partial charge on any atom is -0.352 e.